The Kier molecular flexibility index (Phi) is 6.89. The van der Waals surface area contributed by atoms with E-state index >= 15 is 0 Å². The van der Waals surface area contributed by atoms with E-state index in [1.54, 1.807) is 24.3 Å². The molecule has 0 radical (unpaired) electrons. The lowest BCUT2D eigenvalue weighted by atomic mass is 10.2. The van der Waals surface area contributed by atoms with Crippen LogP contribution in [0.3, 0.4) is 0 Å². The van der Waals surface area contributed by atoms with E-state index in [9.17, 15) is 13.6 Å². The highest BCUT2D eigenvalue weighted by Crippen LogP contribution is 2.17. The summed E-state index contributed by atoms with van der Waals surface area (Å²) in [5, 5.41) is 3.81. The van der Waals surface area contributed by atoms with E-state index in [2.05, 4.69) is 10.5 Å². The van der Waals surface area contributed by atoms with Crippen LogP contribution in [0.1, 0.15) is 11.1 Å². The third-order valence-electron chi connectivity index (χ3n) is 3.78. The van der Waals surface area contributed by atoms with Gasteiger partial charge in [-0.25, -0.2) is 14.2 Å². The van der Waals surface area contributed by atoms with Gasteiger partial charge in [-0.1, -0.05) is 30.3 Å². The summed E-state index contributed by atoms with van der Waals surface area (Å²) < 4.78 is 36.9. The normalized spacial score (nSPS) is 10.7. The number of carbonyl (C=O) groups is 1. The fourth-order valence-corrected chi connectivity index (χ4v) is 2.34. The first-order chi connectivity index (χ1) is 14.1. The van der Waals surface area contributed by atoms with Crippen LogP contribution in [-0.4, -0.2) is 18.7 Å². The van der Waals surface area contributed by atoms with Gasteiger partial charge in [0.2, 0.25) is 0 Å². The molecule has 1 N–H and O–H groups in total. The number of amides is 1. The van der Waals surface area contributed by atoms with Crippen molar-refractivity contribution in [1.29, 1.82) is 0 Å². The SMILES string of the molecule is O=C(COc1ccc(F)cc1F)N/N=C\c1ccc(OCc2ccccc2)cc1. The van der Waals surface area contributed by atoms with Crippen molar-refractivity contribution < 1.29 is 23.0 Å². The van der Waals surface area contributed by atoms with Gasteiger partial charge in [-0.15, -0.1) is 0 Å². The lowest BCUT2D eigenvalue weighted by Crippen LogP contribution is -2.24. The van der Waals surface area contributed by atoms with Crippen molar-refractivity contribution in [1.82, 2.24) is 5.43 Å². The van der Waals surface area contributed by atoms with Gasteiger partial charge >= 0.3 is 0 Å². The number of rotatable bonds is 8. The highest BCUT2D eigenvalue weighted by molar-refractivity contribution is 5.83. The van der Waals surface area contributed by atoms with Crippen LogP contribution < -0.4 is 14.9 Å². The number of benzene rings is 3. The number of hydrazone groups is 1. The molecule has 7 heteroatoms. The fraction of sp³-hybridized carbons (Fsp3) is 0.0909. The molecule has 3 rings (SSSR count). The van der Waals surface area contributed by atoms with E-state index < -0.39 is 24.1 Å². The van der Waals surface area contributed by atoms with E-state index in [1.807, 2.05) is 30.3 Å². The summed E-state index contributed by atoms with van der Waals surface area (Å²) in [5.41, 5.74) is 4.10. The van der Waals surface area contributed by atoms with Crippen molar-refractivity contribution in [2.24, 2.45) is 5.10 Å². The van der Waals surface area contributed by atoms with Crippen molar-refractivity contribution in [2.45, 2.75) is 6.61 Å². The molecule has 0 saturated heterocycles. The van der Waals surface area contributed by atoms with E-state index in [4.69, 9.17) is 9.47 Å². The number of hydrogen-bond acceptors (Lipinski definition) is 4. The van der Waals surface area contributed by atoms with E-state index in [1.165, 1.54) is 6.21 Å². The zero-order valence-corrected chi connectivity index (χ0v) is 15.3. The summed E-state index contributed by atoms with van der Waals surface area (Å²) in [6.45, 7) is 0.0190. The topological polar surface area (TPSA) is 59.9 Å². The minimum atomic E-state index is -0.879. The lowest BCUT2D eigenvalue weighted by Gasteiger charge is -2.06. The van der Waals surface area contributed by atoms with Gasteiger partial charge in [-0.05, 0) is 47.5 Å². The van der Waals surface area contributed by atoms with Crippen LogP contribution in [0.25, 0.3) is 0 Å². The Morgan fingerprint density at radius 2 is 1.72 bits per heavy atom. The first kappa shape index (κ1) is 20.0. The summed E-state index contributed by atoms with van der Waals surface area (Å²) in [5.74, 6) is -1.68. The highest BCUT2D eigenvalue weighted by Gasteiger charge is 2.07. The maximum absolute atomic E-state index is 13.4. The van der Waals surface area contributed by atoms with Gasteiger partial charge in [0.1, 0.15) is 18.2 Å². The summed E-state index contributed by atoms with van der Waals surface area (Å²) in [6.07, 6.45) is 1.46. The van der Waals surface area contributed by atoms with Crippen LogP contribution in [0, 0.1) is 11.6 Å². The molecule has 0 fully saturated rings. The second-order valence-electron chi connectivity index (χ2n) is 6.00. The molecule has 0 aromatic heterocycles. The van der Waals surface area contributed by atoms with Crippen LogP contribution in [0.5, 0.6) is 11.5 Å². The maximum atomic E-state index is 13.4. The standard InChI is InChI=1S/C22H18F2N2O3/c23-18-8-11-21(20(24)12-18)29-15-22(27)26-25-13-16-6-9-19(10-7-16)28-14-17-4-2-1-3-5-17/h1-13H,14-15H2,(H,26,27)/b25-13-. The highest BCUT2D eigenvalue weighted by atomic mass is 19.1. The second kappa shape index (κ2) is 9.98. The molecule has 0 unspecified atom stereocenters. The largest absolute Gasteiger partial charge is 0.489 e. The maximum Gasteiger partial charge on any atom is 0.277 e. The molecule has 1 amide bonds. The smallest absolute Gasteiger partial charge is 0.277 e. The molecule has 0 aliphatic carbocycles. The third-order valence-corrected chi connectivity index (χ3v) is 3.78. The third kappa shape index (κ3) is 6.42. The first-order valence-corrected chi connectivity index (χ1v) is 8.77. The quantitative estimate of drug-likeness (QED) is 0.461. The molecule has 3 aromatic carbocycles. The monoisotopic (exact) mass is 396 g/mol. The van der Waals surface area contributed by atoms with Crippen molar-refractivity contribution in [2.75, 3.05) is 6.61 Å². The molecule has 0 aliphatic rings. The Morgan fingerprint density at radius 3 is 2.45 bits per heavy atom. The molecule has 5 nitrogen and oxygen atoms in total. The summed E-state index contributed by atoms with van der Waals surface area (Å²) >= 11 is 0. The lowest BCUT2D eigenvalue weighted by molar-refractivity contribution is -0.123. The van der Waals surface area contributed by atoms with Gasteiger partial charge in [0.15, 0.2) is 18.2 Å². The van der Waals surface area contributed by atoms with Gasteiger partial charge in [0, 0.05) is 6.07 Å². The molecular formula is C22H18F2N2O3. The van der Waals surface area contributed by atoms with Crippen molar-refractivity contribution in [3.05, 3.63) is 95.6 Å². The minimum Gasteiger partial charge on any atom is -0.489 e. The molecular weight excluding hydrogens is 378 g/mol. The van der Waals surface area contributed by atoms with Gasteiger partial charge in [-0.3, -0.25) is 4.79 Å². The summed E-state index contributed by atoms with van der Waals surface area (Å²) in [4.78, 5) is 11.7. The van der Waals surface area contributed by atoms with Crippen molar-refractivity contribution >= 4 is 12.1 Å². The van der Waals surface area contributed by atoms with E-state index in [0.717, 1.165) is 23.3 Å². The van der Waals surface area contributed by atoms with E-state index in [-0.39, 0.29) is 5.75 Å². The molecule has 148 valence electrons. The van der Waals surface area contributed by atoms with Crippen LogP contribution in [0.2, 0.25) is 0 Å². The number of hydrogen-bond donors (Lipinski definition) is 1. The predicted molar refractivity (Wildman–Crippen MR) is 105 cm³/mol. The molecule has 29 heavy (non-hydrogen) atoms. The van der Waals surface area contributed by atoms with Gasteiger partial charge in [0.25, 0.3) is 5.91 Å². The van der Waals surface area contributed by atoms with Crippen molar-refractivity contribution in [3.8, 4) is 11.5 Å². The summed E-state index contributed by atoms with van der Waals surface area (Å²) in [7, 11) is 0. The van der Waals surface area contributed by atoms with Crippen molar-refractivity contribution in [3.63, 3.8) is 0 Å². The molecule has 0 saturated carbocycles. The Morgan fingerprint density at radius 1 is 0.966 bits per heavy atom. The Labute approximate surface area is 166 Å². The van der Waals surface area contributed by atoms with Crippen LogP contribution in [0.15, 0.2) is 77.9 Å². The average Bonchev–Trinajstić information content (AvgIpc) is 2.73. The zero-order chi connectivity index (χ0) is 20.5. The number of carbonyl (C=O) groups excluding carboxylic acids is 1. The Bertz CT molecular complexity index is 977. The summed E-state index contributed by atoms with van der Waals surface area (Å²) in [6, 6.07) is 19.8. The van der Waals surface area contributed by atoms with Crippen LogP contribution in [0.4, 0.5) is 8.78 Å². The average molecular weight is 396 g/mol. The van der Waals surface area contributed by atoms with Gasteiger partial charge in [0.05, 0.1) is 6.21 Å². The second-order valence-corrected chi connectivity index (χ2v) is 6.00. The Balaban J connectivity index is 1.43. The fourth-order valence-electron chi connectivity index (χ4n) is 2.34. The predicted octanol–water partition coefficient (Wildman–Crippen LogP) is 4.07. The number of nitrogens with zero attached hydrogens (tertiary/aromatic N) is 1. The van der Waals surface area contributed by atoms with Gasteiger partial charge < -0.3 is 9.47 Å². The van der Waals surface area contributed by atoms with Crippen LogP contribution >= 0.6 is 0 Å². The molecule has 0 heterocycles. The number of halogens is 2. The first-order valence-electron chi connectivity index (χ1n) is 8.77. The number of nitrogens with one attached hydrogen (secondary N) is 1. The zero-order valence-electron chi connectivity index (χ0n) is 15.3. The van der Waals surface area contributed by atoms with Gasteiger partial charge in [-0.2, -0.15) is 5.10 Å². The molecule has 0 spiro atoms. The molecule has 3 aromatic rings. The minimum absolute atomic E-state index is 0.211. The Hall–Kier alpha value is -3.74. The van der Waals surface area contributed by atoms with Crippen LogP contribution in [-0.2, 0) is 11.4 Å². The molecule has 0 aliphatic heterocycles. The van der Waals surface area contributed by atoms with E-state index in [0.29, 0.717) is 18.4 Å². The molecule has 0 atom stereocenters. The molecule has 0 bridgehead atoms. The number of ether oxygens (including phenoxy) is 2.